The number of hydrogen-bond donors (Lipinski definition) is 2. The lowest BCUT2D eigenvalue weighted by atomic mass is 10.1. The van der Waals surface area contributed by atoms with Gasteiger partial charge in [-0.3, -0.25) is 14.1 Å². The van der Waals surface area contributed by atoms with E-state index in [2.05, 4.69) is 14.4 Å². The smallest absolute Gasteiger partial charge is 0.414 e. The molecule has 42 heavy (non-hydrogen) atoms. The molecule has 2 N–H and O–H groups in total. The third-order valence-electron chi connectivity index (χ3n) is 7.82. The van der Waals surface area contributed by atoms with Crippen molar-refractivity contribution >= 4 is 34.4 Å². The topological polar surface area (TPSA) is 116 Å². The van der Waals surface area contributed by atoms with Crippen LogP contribution in [0.4, 0.5) is 10.5 Å². The van der Waals surface area contributed by atoms with E-state index in [0.717, 1.165) is 33.4 Å². The lowest BCUT2D eigenvalue weighted by Crippen LogP contribution is -2.37. The molecular formula is C32H34N6O4. The zero-order valence-electron chi connectivity index (χ0n) is 24.1. The van der Waals surface area contributed by atoms with E-state index in [-0.39, 0.29) is 31.1 Å². The first-order valence-corrected chi connectivity index (χ1v) is 14.1. The third-order valence-corrected chi connectivity index (χ3v) is 7.82. The van der Waals surface area contributed by atoms with Crippen LogP contribution in [0, 0.1) is 6.92 Å². The van der Waals surface area contributed by atoms with Crippen LogP contribution >= 0.6 is 0 Å². The summed E-state index contributed by atoms with van der Waals surface area (Å²) in [7, 11) is 0. The fourth-order valence-corrected chi connectivity index (χ4v) is 5.84. The zero-order valence-corrected chi connectivity index (χ0v) is 24.1. The number of hydrogen-bond acceptors (Lipinski definition) is 6. The van der Waals surface area contributed by atoms with E-state index < -0.39 is 12.2 Å². The third kappa shape index (κ3) is 4.87. The van der Waals surface area contributed by atoms with Gasteiger partial charge < -0.3 is 19.7 Å². The van der Waals surface area contributed by atoms with Gasteiger partial charge in [-0.1, -0.05) is 42.5 Å². The molecule has 0 saturated carbocycles. The molecule has 1 fully saturated rings. The molecule has 10 heteroatoms. The van der Waals surface area contributed by atoms with Gasteiger partial charge in [0.15, 0.2) is 5.65 Å². The number of amides is 2. The Kier molecular flexibility index (Phi) is 7.16. The van der Waals surface area contributed by atoms with Crippen LogP contribution in [0.2, 0.25) is 0 Å². The van der Waals surface area contributed by atoms with Crippen LogP contribution in [0.3, 0.4) is 0 Å². The molecule has 0 spiro atoms. The van der Waals surface area contributed by atoms with Crippen LogP contribution in [0.1, 0.15) is 50.2 Å². The van der Waals surface area contributed by atoms with Crippen molar-refractivity contribution in [2.45, 2.75) is 58.9 Å². The van der Waals surface area contributed by atoms with Gasteiger partial charge in [-0.05, 0) is 44.0 Å². The summed E-state index contributed by atoms with van der Waals surface area (Å²) in [5.41, 5.74) is 6.57. The number of aryl methyl sites for hydroxylation is 1. The minimum absolute atomic E-state index is 0.108. The van der Waals surface area contributed by atoms with Crippen LogP contribution in [-0.2, 0) is 16.1 Å². The van der Waals surface area contributed by atoms with E-state index in [1.807, 2.05) is 81.6 Å². The number of imidazole rings is 1. The van der Waals surface area contributed by atoms with Gasteiger partial charge in [0.05, 0.1) is 35.1 Å². The summed E-state index contributed by atoms with van der Waals surface area (Å²) in [6.07, 6.45) is 3.04. The number of ether oxygens (including phenoxy) is 1. The fraction of sp³-hybridized carbons (Fsp3) is 0.312. The number of carbonyl (C=O) groups excluding carboxylic acids is 2. The van der Waals surface area contributed by atoms with Crippen LogP contribution in [-0.4, -0.2) is 60.1 Å². The zero-order chi connectivity index (χ0) is 29.5. The number of aromatic amines is 1. The molecule has 2 aromatic carbocycles. The van der Waals surface area contributed by atoms with Crippen molar-refractivity contribution in [3.8, 4) is 11.3 Å². The number of H-pyrrole nitrogens is 1. The number of rotatable bonds is 6. The van der Waals surface area contributed by atoms with E-state index in [1.54, 1.807) is 16.0 Å². The van der Waals surface area contributed by atoms with Crippen molar-refractivity contribution in [3.63, 3.8) is 0 Å². The maximum Gasteiger partial charge on any atom is 0.414 e. The van der Waals surface area contributed by atoms with Gasteiger partial charge in [-0.15, -0.1) is 0 Å². The molecule has 216 valence electrons. The Morgan fingerprint density at radius 1 is 1.14 bits per heavy atom. The highest BCUT2D eigenvalue weighted by Crippen LogP contribution is 2.37. The minimum Gasteiger partial charge on any atom is -0.444 e. The first kappa shape index (κ1) is 27.5. The highest BCUT2D eigenvalue weighted by Gasteiger charge is 2.37. The number of β-amino-alcohol motifs (C(OH)–C–C–N with tert-alkyl or cyclic N) is 1. The number of benzene rings is 2. The molecule has 2 amide bonds. The monoisotopic (exact) mass is 566 g/mol. The van der Waals surface area contributed by atoms with Gasteiger partial charge in [0.1, 0.15) is 12.4 Å². The summed E-state index contributed by atoms with van der Waals surface area (Å²) in [6, 6.07) is 16.7. The second-order valence-electron chi connectivity index (χ2n) is 11.1. The van der Waals surface area contributed by atoms with Crippen molar-refractivity contribution in [1.82, 2.24) is 24.3 Å². The number of likely N-dealkylation sites (tertiary alicyclic amines) is 1. The molecule has 0 bridgehead atoms. The second-order valence-corrected chi connectivity index (χ2v) is 11.1. The van der Waals surface area contributed by atoms with Crippen molar-refractivity contribution in [2.75, 3.05) is 11.4 Å². The molecule has 2 atom stereocenters. The molecule has 1 saturated heterocycles. The standard InChI is InChI=1S/C32H34N6O4/c1-19(2)37(32(41)42-18-22-8-6-5-7-9-22)24-12-10-23(11-13-24)28-27-16-34-30-29(20(3)15-33-30)38(27)31(35-28)26-14-25(40)17-36(26)21(4)39/h5-13,15-16,19,25-26,33,40H,14,17-18H2,1-4H3. The van der Waals surface area contributed by atoms with E-state index >= 15 is 0 Å². The number of carbonyl (C=O) groups is 2. The van der Waals surface area contributed by atoms with Crippen LogP contribution in [0.5, 0.6) is 0 Å². The Morgan fingerprint density at radius 2 is 1.88 bits per heavy atom. The summed E-state index contributed by atoms with van der Waals surface area (Å²) in [4.78, 5) is 41.9. The Bertz CT molecular complexity index is 1760. The SMILES string of the molecule is CC(=O)N1CC(O)CC1c1nc(-c2ccc(N(C(=O)OCc3ccccc3)C(C)C)cc2)c2cnc3[nH]cc(C)c3n12. The molecule has 10 nitrogen and oxygen atoms in total. The van der Waals surface area contributed by atoms with Crippen molar-refractivity contribution in [2.24, 2.45) is 0 Å². The number of nitrogens with one attached hydrogen (secondary N) is 1. The van der Waals surface area contributed by atoms with Gasteiger partial charge in [-0.25, -0.2) is 14.8 Å². The maximum atomic E-state index is 13.1. The Morgan fingerprint density at radius 3 is 2.57 bits per heavy atom. The van der Waals surface area contributed by atoms with Crippen LogP contribution in [0.25, 0.3) is 27.9 Å². The van der Waals surface area contributed by atoms with E-state index in [9.17, 15) is 14.7 Å². The van der Waals surface area contributed by atoms with Gasteiger partial charge in [-0.2, -0.15) is 0 Å². The quantitative estimate of drug-likeness (QED) is 0.285. The number of aliphatic hydroxyl groups is 1. The Labute approximate surface area is 243 Å². The van der Waals surface area contributed by atoms with E-state index in [4.69, 9.17) is 9.72 Å². The molecule has 1 aliphatic heterocycles. The second kappa shape index (κ2) is 10.9. The van der Waals surface area contributed by atoms with Gasteiger partial charge in [0, 0.05) is 43.4 Å². The molecule has 0 aliphatic carbocycles. The normalized spacial score (nSPS) is 17.0. The minimum atomic E-state index is -0.623. The highest BCUT2D eigenvalue weighted by atomic mass is 16.6. The number of anilines is 1. The number of aromatic nitrogens is 4. The molecule has 3 aromatic heterocycles. The van der Waals surface area contributed by atoms with Crippen LogP contribution in [0.15, 0.2) is 67.0 Å². The van der Waals surface area contributed by atoms with Crippen molar-refractivity contribution in [1.29, 1.82) is 0 Å². The van der Waals surface area contributed by atoms with Gasteiger partial charge >= 0.3 is 6.09 Å². The molecule has 4 heterocycles. The maximum absolute atomic E-state index is 13.1. The van der Waals surface area contributed by atoms with Gasteiger partial charge in [0.2, 0.25) is 5.91 Å². The van der Waals surface area contributed by atoms with Gasteiger partial charge in [0.25, 0.3) is 0 Å². The molecule has 1 aliphatic rings. The predicted molar refractivity (Wildman–Crippen MR) is 160 cm³/mol. The van der Waals surface area contributed by atoms with Crippen LogP contribution < -0.4 is 4.90 Å². The Balaban J connectivity index is 1.38. The summed E-state index contributed by atoms with van der Waals surface area (Å²) >= 11 is 0. The Hall–Kier alpha value is -4.70. The predicted octanol–water partition coefficient (Wildman–Crippen LogP) is 5.39. The summed E-state index contributed by atoms with van der Waals surface area (Å²) in [5, 5.41) is 10.5. The van der Waals surface area contributed by atoms with E-state index in [1.165, 1.54) is 6.92 Å². The van der Waals surface area contributed by atoms with Crippen molar-refractivity contribution < 1.29 is 19.4 Å². The molecule has 6 rings (SSSR count). The number of fused-ring (bicyclic) bond motifs is 3. The first-order valence-electron chi connectivity index (χ1n) is 14.1. The number of nitrogens with zero attached hydrogens (tertiary/aromatic N) is 5. The van der Waals surface area contributed by atoms with E-state index in [0.29, 0.717) is 23.6 Å². The summed E-state index contributed by atoms with van der Waals surface area (Å²) in [6.45, 7) is 7.87. The summed E-state index contributed by atoms with van der Waals surface area (Å²) in [5.74, 6) is 0.572. The number of aliphatic hydroxyl groups excluding tert-OH is 1. The molecule has 5 aromatic rings. The first-order chi connectivity index (χ1) is 20.2. The fourth-order valence-electron chi connectivity index (χ4n) is 5.84. The average molecular weight is 567 g/mol. The molecular weight excluding hydrogens is 532 g/mol. The largest absolute Gasteiger partial charge is 0.444 e. The summed E-state index contributed by atoms with van der Waals surface area (Å²) < 4.78 is 7.68. The molecule has 0 radical (unpaired) electrons. The lowest BCUT2D eigenvalue weighted by molar-refractivity contribution is -0.130. The van der Waals surface area contributed by atoms with Crippen molar-refractivity contribution in [3.05, 3.63) is 83.9 Å². The highest BCUT2D eigenvalue weighted by molar-refractivity contribution is 5.90. The molecule has 2 unspecified atom stereocenters. The average Bonchev–Trinajstić information content (AvgIpc) is 3.67. The lowest BCUT2D eigenvalue weighted by Gasteiger charge is -2.26.